The molecule has 0 bridgehead atoms. The van der Waals surface area contributed by atoms with Crippen molar-refractivity contribution in [3.63, 3.8) is 0 Å². The second-order valence-electron chi connectivity index (χ2n) is 1.81. The molecule has 0 saturated heterocycles. The monoisotopic (exact) mass is 238 g/mol. The van der Waals surface area contributed by atoms with Crippen LogP contribution in [0.15, 0.2) is 12.1 Å². The van der Waals surface area contributed by atoms with Crippen LogP contribution in [-0.4, -0.2) is 16.1 Å². The molecular weight excluding hydrogens is 227 g/mol. The van der Waals surface area contributed by atoms with E-state index in [1.165, 1.54) is 12.1 Å². The summed E-state index contributed by atoms with van der Waals surface area (Å²) in [4.78, 5) is 13.9. The molecule has 0 aliphatic carbocycles. The maximum Gasteiger partial charge on any atom is 0.335 e. The van der Waals surface area contributed by atoms with Crippen LogP contribution in [0.3, 0.4) is 0 Å². The SMILES string of the molecule is CC.N.O=C(O)c1cc(Cl)nc(Cl)c1. The molecule has 4 N–H and O–H groups in total. The fourth-order valence-electron chi connectivity index (χ4n) is 0.588. The van der Waals surface area contributed by atoms with E-state index in [0.717, 1.165) is 0 Å². The molecule has 0 aliphatic heterocycles. The zero-order valence-corrected chi connectivity index (χ0v) is 9.43. The summed E-state index contributed by atoms with van der Waals surface area (Å²) in [5.41, 5.74) is 0.0370. The van der Waals surface area contributed by atoms with Gasteiger partial charge >= 0.3 is 5.97 Å². The molecule has 0 radical (unpaired) electrons. The Kier molecular flexibility index (Phi) is 8.43. The summed E-state index contributed by atoms with van der Waals surface area (Å²) in [6.45, 7) is 4.00. The first kappa shape index (κ1) is 15.6. The molecule has 0 aromatic carbocycles. The van der Waals surface area contributed by atoms with E-state index in [4.69, 9.17) is 28.3 Å². The predicted octanol–water partition coefficient (Wildman–Crippen LogP) is 3.27. The summed E-state index contributed by atoms with van der Waals surface area (Å²) < 4.78 is 0. The van der Waals surface area contributed by atoms with E-state index < -0.39 is 5.97 Å². The molecule has 0 amide bonds. The van der Waals surface area contributed by atoms with Crippen LogP contribution in [0.5, 0.6) is 0 Å². The Hall–Kier alpha value is -0.840. The maximum absolute atomic E-state index is 10.4. The first-order valence-corrected chi connectivity index (χ1v) is 4.41. The topological polar surface area (TPSA) is 85.2 Å². The smallest absolute Gasteiger partial charge is 0.335 e. The van der Waals surface area contributed by atoms with Gasteiger partial charge in [0.2, 0.25) is 0 Å². The highest BCUT2D eigenvalue weighted by atomic mass is 35.5. The molecular formula is C8H12Cl2N2O2. The Morgan fingerprint density at radius 1 is 1.29 bits per heavy atom. The average Bonchev–Trinajstić information content (AvgIpc) is 2.06. The maximum atomic E-state index is 10.4. The molecule has 1 rings (SSSR count). The number of carboxylic acid groups (broad SMARTS) is 1. The normalized spacial score (nSPS) is 8.00. The number of carboxylic acids is 1. The molecule has 1 aromatic heterocycles. The van der Waals surface area contributed by atoms with E-state index >= 15 is 0 Å². The zero-order valence-electron chi connectivity index (χ0n) is 7.92. The van der Waals surface area contributed by atoms with Gasteiger partial charge in [-0.1, -0.05) is 37.0 Å². The van der Waals surface area contributed by atoms with E-state index in [0.29, 0.717) is 0 Å². The third-order valence-electron chi connectivity index (χ3n) is 1.01. The standard InChI is InChI=1S/C6H3Cl2NO2.C2H6.H3N/c7-4-1-3(6(10)11)2-5(8)9-4;1-2;/h1-2H,(H,10,11);1-2H3;1H3. The summed E-state index contributed by atoms with van der Waals surface area (Å²) in [6, 6.07) is 2.46. The van der Waals surface area contributed by atoms with Gasteiger partial charge < -0.3 is 11.3 Å². The van der Waals surface area contributed by atoms with E-state index in [2.05, 4.69) is 4.98 Å². The van der Waals surface area contributed by atoms with Crippen molar-refractivity contribution in [1.29, 1.82) is 0 Å². The Balaban J connectivity index is 0. The lowest BCUT2D eigenvalue weighted by molar-refractivity contribution is 0.0696. The van der Waals surface area contributed by atoms with Gasteiger partial charge in [0.05, 0.1) is 5.56 Å². The lowest BCUT2D eigenvalue weighted by atomic mass is 10.3. The summed E-state index contributed by atoms with van der Waals surface area (Å²) in [7, 11) is 0. The summed E-state index contributed by atoms with van der Waals surface area (Å²) in [6.07, 6.45) is 0. The lowest BCUT2D eigenvalue weighted by Crippen LogP contribution is -1.96. The first-order chi connectivity index (χ1) is 6.09. The van der Waals surface area contributed by atoms with Crippen molar-refractivity contribution in [2.24, 2.45) is 0 Å². The third-order valence-corrected chi connectivity index (χ3v) is 1.40. The Labute approximate surface area is 92.4 Å². The van der Waals surface area contributed by atoms with Gasteiger partial charge in [-0.05, 0) is 12.1 Å². The number of pyridine rings is 1. The second kappa shape index (κ2) is 7.55. The fraction of sp³-hybridized carbons (Fsp3) is 0.250. The molecule has 0 atom stereocenters. The van der Waals surface area contributed by atoms with Crippen LogP contribution in [0, 0.1) is 0 Å². The highest BCUT2D eigenvalue weighted by Crippen LogP contribution is 2.14. The van der Waals surface area contributed by atoms with Gasteiger partial charge in [0.25, 0.3) is 0 Å². The number of aromatic carboxylic acids is 1. The van der Waals surface area contributed by atoms with Crippen LogP contribution in [0.25, 0.3) is 0 Å². The van der Waals surface area contributed by atoms with Gasteiger partial charge in [-0.2, -0.15) is 0 Å². The fourth-order valence-corrected chi connectivity index (χ4v) is 1.05. The van der Waals surface area contributed by atoms with Gasteiger partial charge in [-0.25, -0.2) is 9.78 Å². The molecule has 4 nitrogen and oxygen atoms in total. The molecule has 0 saturated carbocycles. The number of hydrogen-bond donors (Lipinski definition) is 2. The molecule has 14 heavy (non-hydrogen) atoms. The second-order valence-corrected chi connectivity index (χ2v) is 2.58. The molecule has 1 heterocycles. The molecule has 0 unspecified atom stereocenters. The first-order valence-electron chi connectivity index (χ1n) is 3.66. The van der Waals surface area contributed by atoms with Gasteiger partial charge in [-0.3, -0.25) is 0 Å². The molecule has 0 fully saturated rings. The molecule has 0 aliphatic rings. The van der Waals surface area contributed by atoms with Gasteiger partial charge in [0.1, 0.15) is 10.3 Å². The van der Waals surface area contributed by atoms with Crippen molar-refractivity contribution in [2.75, 3.05) is 0 Å². The molecule has 0 spiro atoms. The molecule has 1 aromatic rings. The zero-order chi connectivity index (χ0) is 10.4. The van der Waals surface area contributed by atoms with Crippen molar-refractivity contribution in [2.45, 2.75) is 13.8 Å². The predicted molar refractivity (Wildman–Crippen MR) is 57.6 cm³/mol. The van der Waals surface area contributed by atoms with Crippen molar-refractivity contribution < 1.29 is 9.90 Å². The number of nitrogens with zero attached hydrogens (tertiary/aromatic N) is 1. The van der Waals surface area contributed by atoms with E-state index in [-0.39, 0.29) is 22.0 Å². The van der Waals surface area contributed by atoms with Crippen molar-refractivity contribution >= 4 is 29.2 Å². The van der Waals surface area contributed by atoms with Gasteiger partial charge in [0, 0.05) is 0 Å². The van der Waals surface area contributed by atoms with E-state index in [9.17, 15) is 4.79 Å². The van der Waals surface area contributed by atoms with Crippen LogP contribution >= 0.6 is 23.2 Å². The molecule has 80 valence electrons. The minimum atomic E-state index is -1.07. The Morgan fingerprint density at radius 2 is 1.64 bits per heavy atom. The minimum absolute atomic E-state index is 0. The van der Waals surface area contributed by atoms with E-state index in [1.54, 1.807) is 0 Å². The quantitative estimate of drug-likeness (QED) is 0.736. The third kappa shape index (κ3) is 5.01. The number of hydrogen-bond acceptors (Lipinski definition) is 3. The summed E-state index contributed by atoms with van der Waals surface area (Å²) in [5, 5.41) is 8.65. The summed E-state index contributed by atoms with van der Waals surface area (Å²) >= 11 is 10.9. The number of halogens is 2. The number of carbonyl (C=O) groups is 1. The van der Waals surface area contributed by atoms with E-state index in [1.807, 2.05) is 13.8 Å². The molecule has 6 heteroatoms. The summed E-state index contributed by atoms with van der Waals surface area (Å²) in [5.74, 6) is -1.07. The highest BCUT2D eigenvalue weighted by molar-refractivity contribution is 6.32. The average molecular weight is 239 g/mol. The lowest BCUT2D eigenvalue weighted by Gasteiger charge is -1.94. The largest absolute Gasteiger partial charge is 0.478 e. The van der Waals surface area contributed by atoms with Crippen LogP contribution in [0.2, 0.25) is 10.3 Å². The van der Waals surface area contributed by atoms with Crippen molar-refractivity contribution in [3.8, 4) is 0 Å². The minimum Gasteiger partial charge on any atom is -0.478 e. The van der Waals surface area contributed by atoms with Crippen molar-refractivity contribution in [1.82, 2.24) is 11.1 Å². The Morgan fingerprint density at radius 3 is 1.93 bits per heavy atom. The number of rotatable bonds is 1. The Bertz CT molecular complexity index is 285. The van der Waals surface area contributed by atoms with Crippen LogP contribution in [-0.2, 0) is 0 Å². The van der Waals surface area contributed by atoms with Gasteiger partial charge in [-0.15, -0.1) is 0 Å². The van der Waals surface area contributed by atoms with Crippen LogP contribution in [0.1, 0.15) is 24.2 Å². The number of aromatic nitrogens is 1. The van der Waals surface area contributed by atoms with Crippen molar-refractivity contribution in [3.05, 3.63) is 28.0 Å². The van der Waals surface area contributed by atoms with Crippen LogP contribution in [0.4, 0.5) is 0 Å². The van der Waals surface area contributed by atoms with Gasteiger partial charge in [0.15, 0.2) is 0 Å². The highest BCUT2D eigenvalue weighted by Gasteiger charge is 2.05. The van der Waals surface area contributed by atoms with Crippen LogP contribution < -0.4 is 6.15 Å².